The van der Waals surface area contributed by atoms with Crippen molar-refractivity contribution in [2.45, 2.75) is 39.7 Å². The van der Waals surface area contributed by atoms with Gasteiger partial charge in [-0.25, -0.2) is 4.79 Å². The Hall–Kier alpha value is -1.02. The van der Waals surface area contributed by atoms with Gasteiger partial charge in [0, 0.05) is 36.8 Å². The number of carbonyl (C=O) groups excluding carboxylic acids is 3. The quantitative estimate of drug-likeness (QED) is 0.740. The van der Waals surface area contributed by atoms with E-state index in [0.29, 0.717) is 30.9 Å². The van der Waals surface area contributed by atoms with Crippen LogP contribution in [0.2, 0.25) is 0 Å². The molecule has 1 N–H and O–H groups in total. The maximum atomic E-state index is 12.3. The molecule has 0 aromatic heterocycles. The Morgan fingerprint density at radius 1 is 1.13 bits per heavy atom. The van der Waals surface area contributed by atoms with E-state index in [9.17, 15) is 19.2 Å². The van der Waals surface area contributed by atoms with Gasteiger partial charge in [-0.1, -0.05) is 37.4 Å². The van der Waals surface area contributed by atoms with Gasteiger partial charge in [-0.3, -0.25) is 14.4 Å². The molecule has 0 saturated carbocycles. The number of amides is 1. The van der Waals surface area contributed by atoms with E-state index in [4.69, 9.17) is 5.11 Å². The Labute approximate surface area is 144 Å². The lowest BCUT2D eigenvalue weighted by Gasteiger charge is -2.24. The third kappa shape index (κ3) is 6.18. The Balaban J connectivity index is 2.44. The van der Waals surface area contributed by atoms with Gasteiger partial charge >= 0.3 is 5.97 Å². The van der Waals surface area contributed by atoms with Gasteiger partial charge in [-0.05, 0) is 12.8 Å². The first kappa shape index (κ1) is 20.0. The third-order valence-electron chi connectivity index (χ3n) is 3.66. The molecular formula is C15H23NO5S2. The van der Waals surface area contributed by atoms with Crippen molar-refractivity contribution in [2.75, 3.05) is 18.1 Å². The van der Waals surface area contributed by atoms with Gasteiger partial charge in [0.15, 0.2) is 10.2 Å². The molecule has 0 aromatic carbocycles. The van der Waals surface area contributed by atoms with Crippen molar-refractivity contribution >= 4 is 45.6 Å². The van der Waals surface area contributed by atoms with Crippen molar-refractivity contribution in [3.63, 3.8) is 0 Å². The zero-order valence-corrected chi connectivity index (χ0v) is 15.2. The average molecular weight is 361 g/mol. The molecule has 0 bridgehead atoms. The fraction of sp³-hybridized carbons (Fsp3) is 0.733. The maximum Gasteiger partial charge on any atom is 0.326 e. The van der Waals surface area contributed by atoms with Crippen LogP contribution < -0.4 is 0 Å². The van der Waals surface area contributed by atoms with Crippen molar-refractivity contribution < 1.29 is 24.3 Å². The summed E-state index contributed by atoms with van der Waals surface area (Å²) in [4.78, 5) is 47.8. The fourth-order valence-electron chi connectivity index (χ4n) is 2.30. The summed E-state index contributed by atoms with van der Waals surface area (Å²) in [6.45, 7) is 5.41. The fourth-order valence-corrected chi connectivity index (χ4v) is 3.97. The summed E-state index contributed by atoms with van der Waals surface area (Å²) < 4.78 is 0. The number of hydrogen-bond donors (Lipinski definition) is 1. The van der Waals surface area contributed by atoms with E-state index >= 15 is 0 Å². The second-order valence-corrected chi connectivity index (χ2v) is 7.98. The highest BCUT2D eigenvalue weighted by Crippen LogP contribution is 2.23. The molecule has 0 radical (unpaired) electrons. The van der Waals surface area contributed by atoms with Crippen molar-refractivity contribution in [1.82, 2.24) is 4.90 Å². The first-order valence-corrected chi connectivity index (χ1v) is 9.54. The second-order valence-electron chi connectivity index (χ2n) is 5.76. The molecular weight excluding hydrogens is 338 g/mol. The zero-order chi connectivity index (χ0) is 17.6. The number of aliphatic carboxylic acids is 1. The summed E-state index contributed by atoms with van der Waals surface area (Å²) in [7, 11) is 0. The monoisotopic (exact) mass is 361 g/mol. The summed E-state index contributed by atoms with van der Waals surface area (Å²) in [5, 5.41) is 9.06. The summed E-state index contributed by atoms with van der Waals surface area (Å²) in [6, 6.07) is -0.739. The molecule has 0 unspecified atom stereocenters. The molecule has 0 spiro atoms. The number of rotatable bonds is 7. The third-order valence-corrected chi connectivity index (χ3v) is 6.08. The topological polar surface area (TPSA) is 91.8 Å². The predicted octanol–water partition coefficient (Wildman–Crippen LogP) is 1.87. The van der Waals surface area contributed by atoms with Crippen LogP contribution in [0.25, 0.3) is 0 Å². The van der Waals surface area contributed by atoms with Crippen LogP contribution in [0.15, 0.2) is 0 Å². The van der Waals surface area contributed by atoms with Gasteiger partial charge in [0.2, 0.25) is 5.91 Å². The molecule has 23 heavy (non-hydrogen) atoms. The van der Waals surface area contributed by atoms with Gasteiger partial charge in [-0.2, -0.15) is 0 Å². The molecule has 6 nitrogen and oxygen atoms in total. The SMILES string of the molecule is CC(=O)SC[C@@H](C)C(=O)SC[C@@H](C)C(=O)N1CCC[C@H]1C(=O)O. The molecule has 3 atom stereocenters. The van der Waals surface area contributed by atoms with Crippen LogP contribution in [0.3, 0.4) is 0 Å². The molecule has 1 aliphatic rings. The number of likely N-dealkylation sites (tertiary alicyclic amines) is 1. The van der Waals surface area contributed by atoms with Crippen LogP contribution in [-0.4, -0.2) is 56.2 Å². The van der Waals surface area contributed by atoms with E-state index in [1.54, 1.807) is 13.8 Å². The Morgan fingerprint density at radius 2 is 1.74 bits per heavy atom. The molecule has 1 rings (SSSR count). The van der Waals surface area contributed by atoms with Crippen LogP contribution in [0.5, 0.6) is 0 Å². The molecule has 0 aliphatic carbocycles. The Morgan fingerprint density at radius 3 is 2.30 bits per heavy atom. The summed E-state index contributed by atoms with van der Waals surface area (Å²) in [5.74, 6) is -1.07. The largest absolute Gasteiger partial charge is 0.480 e. The van der Waals surface area contributed by atoms with Crippen molar-refractivity contribution in [1.29, 1.82) is 0 Å². The molecule has 1 amide bonds. The summed E-state index contributed by atoms with van der Waals surface area (Å²) in [6.07, 6.45) is 1.18. The number of carboxylic acids is 1. The molecule has 8 heteroatoms. The van der Waals surface area contributed by atoms with Gasteiger partial charge < -0.3 is 10.0 Å². The van der Waals surface area contributed by atoms with Gasteiger partial charge in [0.1, 0.15) is 6.04 Å². The minimum atomic E-state index is -0.971. The van der Waals surface area contributed by atoms with Crippen LogP contribution >= 0.6 is 23.5 Å². The lowest BCUT2D eigenvalue weighted by atomic mass is 10.1. The van der Waals surface area contributed by atoms with E-state index in [-0.39, 0.29) is 22.1 Å². The molecule has 1 aliphatic heterocycles. The average Bonchev–Trinajstić information content (AvgIpc) is 2.98. The smallest absolute Gasteiger partial charge is 0.326 e. The van der Waals surface area contributed by atoms with E-state index in [0.717, 1.165) is 23.5 Å². The van der Waals surface area contributed by atoms with Gasteiger partial charge in [-0.15, -0.1) is 0 Å². The normalized spacial score (nSPS) is 20.1. The minimum absolute atomic E-state index is 0.0214. The summed E-state index contributed by atoms with van der Waals surface area (Å²) in [5.41, 5.74) is 0. The van der Waals surface area contributed by atoms with Crippen LogP contribution in [0.4, 0.5) is 0 Å². The first-order valence-electron chi connectivity index (χ1n) is 7.57. The number of carboxylic acid groups (broad SMARTS) is 1. The number of nitrogens with zero attached hydrogens (tertiary/aromatic N) is 1. The molecule has 1 heterocycles. The van der Waals surface area contributed by atoms with Crippen LogP contribution in [-0.2, 0) is 19.2 Å². The van der Waals surface area contributed by atoms with E-state index in [1.165, 1.54) is 11.8 Å². The van der Waals surface area contributed by atoms with E-state index in [1.807, 2.05) is 0 Å². The van der Waals surface area contributed by atoms with Crippen molar-refractivity contribution in [3.8, 4) is 0 Å². The molecule has 1 saturated heterocycles. The number of carbonyl (C=O) groups is 4. The Kier molecular flexibility index (Phi) is 8.11. The Bertz CT molecular complexity index is 482. The molecule has 0 aromatic rings. The molecule has 130 valence electrons. The number of hydrogen-bond acceptors (Lipinski definition) is 6. The minimum Gasteiger partial charge on any atom is -0.480 e. The number of thioether (sulfide) groups is 2. The predicted molar refractivity (Wildman–Crippen MR) is 91.3 cm³/mol. The summed E-state index contributed by atoms with van der Waals surface area (Å²) >= 11 is 2.20. The highest BCUT2D eigenvalue weighted by molar-refractivity contribution is 8.14. The highest BCUT2D eigenvalue weighted by Gasteiger charge is 2.35. The second kappa shape index (κ2) is 9.32. The first-order chi connectivity index (χ1) is 10.7. The van der Waals surface area contributed by atoms with E-state index in [2.05, 4.69) is 0 Å². The van der Waals surface area contributed by atoms with Crippen LogP contribution in [0, 0.1) is 11.8 Å². The maximum absolute atomic E-state index is 12.3. The standard InChI is InChI=1S/C15H23NO5S2/c1-9(7-23-15(21)10(2)8-22-11(3)17)13(18)16-6-4-5-12(16)14(19)20/h9-10,12H,4-8H2,1-3H3,(H,19,20)/t9-,10-,12+/m1/s1. The lowest BCUT2D eigenvalue weighted by molar-refractivity contribution is -0.149. The van der Waals surface area contributed by atoms with Gasteiger partial charge in [0.25, 0.3) is 0 Å². The van der Waals surface area contributed by atoms with Gasteiger partial charge in [0.05, 0.1) is 0 Å². The van der Waals surface area contributed by atoms with E-state index < -0.39 is 17.9 Å². The van der Waals surface area contributed by atoms with Crippen LogP contribution in [0.1, 0.15) is 33.6 Å². The zero-order valence-electron chi connectivity index (χ0n) is 13.6. The highest BCUT2D eigenvalue weighted by atomic mass is 32.2. The molecule has 1 fully saturated rings. The van der Waals surface area contributed by atoms with Crippen molar-refractivity contribution in [3.05, 3.63) is 0 Å². The lowest BCUT2D eigenvalue weighted by Crippen LogP contribution is -2.43. The van der Waals surface area contributed by atoms with Crippen molar-refractivity contribution in [2.24, 2.45) is 11.8 Å².